The maximum atomic E-state index is 13.8. The number of esters is 1. The Morgan fingerprint density at radius 1 is 1.61 bits per heavy atom. The summed E-state index contributed by atoms with van der Waals surface area (Å²) in [6.45, 7) is 5.50. The van der Waals surface area contributed by atoms with E-state index >= 15 is 0 Å². The second kappa shape index (κ2) is 4.52. The van der Waals surface area contributed by atoms with Crippen LogP contribution < -0.4 is 0 Å². The van der Waals surface area contributed by atoms with Gasteiger partial charge in [-0.1, -0.05) is 6.08 Å². The summed E-state index contributed by atoms with van der Waals surface area (Å²) in [5.74, 6) is -1.87. The van der Waals surface area contributed by atoms with E-state index in [4.69, 9.17) is 4.74 Å². The number of hydrogen-bond donors (Lipinski definition) is 0. The van der Waals surface area contributed by atoms with Gasteiger partial charge in [-0.25, -0.2) is 8.78 Å². The number of carbonyl (C=O) groups is 1. The van der Waals surface area contributed by atoms with Gasteiger partial charge < -0.3 is 4.74 Å². The molecule has 0 aliphatic heterocycles. The van der Waals surface area contributed by atoms with Gasteiger partial charge >= 0.3 is 5.97 Å². The number of hydrogen-bond acceptors (Lipinski definition) is 2. The molecule has 0 spiro atoms. The van der Waals surface area contributed by atoms with Gasteiger partial charge in [-0.15, -0.1) is 6.58 Å². The summed E-state index contributed by atoms with van der Waals surface area (Å²) >= 11 is 0. The highest BCUT2D eigenvalue weighted by atomic mass is 19.1. The van der Waals surface area contributed by atoms with Crippen molar-refractivity contribution in [2.24, 2.45) is 5.92 Å². The van der Waals surface area contributed by atoms with Crippen LogP contribution in [-0.4, -0.2) is 12.6 Å². The van der Waals surface area contributed by atoms with Crippen LogP contribution in [0.1, 0.15) is 18.9 Å². The summed E-state index contributed by atoms with van der Waals surface area (Å²) in [5.41, 5.74) is -1.03. The number of rotatable bonds is 4. The zero-order chi connectivity index (χ0) is 13.3. The summed E-state index contributed by atoms with van der Waals surface area (Å²) in [6, 6.07) is 3.13. The number of allylic oxidation sites excluding steroid dienone is 1. The fourth-order valence-electron chi connectivity index (χ4n) is 2.33. The zero-order valence-corrected chi connectivity index (χ0v) is 10.1. The molecule has 1 fully saturated rings. The van der Waals surface area contributed by atoms with Crippen LogP contribution in [0, 0.1) is 17.6 Å². The van der Waals surface area contributed by atoms with Gasteiger partial charge in [-0.3, -0.25) is 4.79 Å². The van der Waals surface area contributed by atoms with E-state index in [9.17, 15) is 13.6 Å². The van der Waals surface area contributed by atoms with Crippen molar-refractivity contribution in [2.45, 2.75) is 18.8 Å². The molecule has 96 valence electrons. The van der Waals surface area contributed by atoms with Crippen LogP contribution in [0.3, 0.4) is 0 Å². The third-order valence-corrected chi connectivity index (χ3v) is 3.35. The first kappa shape index (κ1) is 12.7. The quantitative estimate of drug-likeness (QED) is 0.608. The molecule has 2 nitrogen and oxygen atoms in total. The Hall–Kier alpha value is -1.71. The fourth-order valence-corrected chi connectivity index (χ4v) is 2.33. The SMILES string of the molecule is C=C[C@H]1C[C@]1(C(=O)OCC)c1cc(F)ccc1F. The molecule has 4 heteroatoms. The molecule has 2 atom stereocenters. The molecular formula is C14H14F2O2. The number of halogens is 2. The van der Waals surface area contributed by atoms with E-state index in [1.54, 1.807) is 13.0 Å². The van der Waals surface area contributed by atoms with Gasteiger partial charge in [0.15, 0.2) is 0 Å². The average molecular weight is 252 g/mol. The van der Waals surface area contributed by atoms with Crippen molar-refractivity contribution in [1.29, 1.82) is 0 Å². The molecule has 0 radical (unpaired) electrons. The minimum Gasteiger partial charge on any atom is -0.465 e. The molecule has 0 bridgehead atoms. The van der Waals surface area contributed by atoms with Crippen LogP contribution in [0.4, 0.5) is 8.78 Å². The molecule has 1 saturated carbocycles. The number of benzene rings is 1. The van der Waals surface area contributed by atoms with Crippen molar-refractivity contribution < 1.29 is 18.3 Å². The second-order valence-corrected chi connectivity index (χ2v) is 4.36. The van der Waals surface area contributed by atoms with Gasteiger partial charge in [0, 0.05) is 5.56 Å². The molecule has 0 saturated heterocycles. The van der Waals surface area contributed by atoms with Gasteiger partial charge in [0.05, 0.1) is 6.61 Å². The molecule has 2 rings (SSSR count). The standard InChI is InChI=1S/C14H14F2O2/c1-3-9-8-14(9,13(17)18-4-2)11-7-10(15)5-6-12(11)16/h3,5-7,9H,1,4,8H2,2H3/t9-,14+/m0/s1. The predicted molar refractivity (Wildman–Crippen MR) is 63.0 cm³/mol. The van der Waals surface area contributed by atoms with Crippen molar-refractivity contribution in [3.8, 4) is 0 Å². The molecule has 1 aromatic carbocycles. The predicted octanol–water partition coefficient (Wildman–Crippen LogP) is 2.97. The first-order valence-corrected chi connectivity index (χ1v) is 5.81. The smallest absolute Gasteiger partial charge is 0.317 e. The van der Waals surface area contributed by atoms with Gasteiger partial charge in [0.25, 0.3) is 0 Å². The highest BCUT2D eigenvalue weighted by molar-refractivity contribution is 5.88. The zero-order valence-electron chi connectivity index (χ0n) is 10.1. The van der Waals surface area contributed by atoms with E-state index in [0.717, 1.165) is 18.2 Å². The van der Waals surface area contributed by atoms with Crippen LogP contribution >= 0.6 is 0 Å². The summed E-state index contributed by atoms with van der Waals surface area (Å²) < 4.78 is 32.0. The molecule has 1 aliphatic carbocycles. The average Bonchev–Trinajstić information content (AvgIpc) is 3.08. The summed E-state index contributed by atoms with van der Waals surface area (Å²) in [7, 11) is 0. The minimum atomic E-state index is -1.09. The maximum absolute atomic E-state index is 13.8. The highest BCUT2D eigenvalue weighted by Gasteiger charge is 2.62. The Bertz CT molecular complexity index is 499. The van der Waals surface area contributed by atoms with Crippen molar-refractivity contribution in [3.63, 3.8) is 0 Å². The van der Waals surface area contributed by atoms with Crippen molar-refractivity contribution in [2.75, 3.05) is 6.61 Å². The first-order valence-electron chi connectivity index (χ1n) is 5.81. The van der Waals surface area contributed by atoms with Crippen LogP contribution in [0.15, 0.2) is 30.9 Å². The molecule has 1 aromatic rings. The number of ether oxygens (including phenoxy) is 1. The third kappa shape index (κ3) is 1.82. The molecular weight excluding hydrogens is 238 g/mol. The lowest BCUT2D eigenvalue weighted by Crippen LogP contribution is -2.26. The Morgan fingerprint density at radius 2 is 2.33 bits per heavy atom. The summed E-state index contributed by atoms with van der Waals surface area (Å²) in [4.78, 5) is 12.0. The minimum absolute atomic E-state index is 0.0610. The topological polar surface area (TPSA) is 26.3 Å². The van der Waals surface area contributed by atoms with Gasteiger partial charge in [-0.2, -0.15) is 0 Å². The van der Waals surface area contributed by atoms with Crippen molar-refractivity contribution in [1.82, 2.24) is 0 Å². The lowest BCUT2D eigenvalue weighted by Gasteiger charge is -2.16. The van der Waals surface area contributed by atoms with Crippen LogP contribution in [0.25, 0.3) is 0 Å². The van der Waals surface area contributed by atoms with Crippen molar-refractivity contribution >= 4 is 5.97 Å². The summed E-state index contributed by atoms with van der Waals surface area (Å²) in [6.07, 6.45) is 2.00. The molecule has 0 N–H and O–H groups in total. The van der Waals surface area contributed by atoms with Gasteiger partial charge in [0.1, 0.15) is 17.0 Å². The van der Waals surface area contributed by atoms with Gasteiger partial charge in [0.2, 0.25) is 0 Å². The molecule has 0 heterocycles. The first-order chi connectivity index (χ1) is 8.56. The fraction of sp³-hybridized carbons (Fsp3) is 0.357. The van der Waals surface area contributed by atoms with Gasteiger partial charge in [-0.05, 0) is 37.5 Å². The summed E-state index contributed by atoms with van der Waals surface area (Å²) in [5, 5.41) is 0. The molecule has 0 aromatic heterocycles. The molecule has 18 heavy (non-hydrogen) atoms. The van der Waals surface area contributed by atoms with E-state index in [-0.39, 0.29) is 18.1 Å². The lowest BCUT2D eigenvalue weighted by atomic mass is 9.92. The Morgan fingerprint density at radius 3 is 2.89 bits per heavy atom. The lowest BCUT2D eigenvalue weighted by molar-refractivity contribution is -0.146. The second-order valence-electron chi connectivity index (χ2n) is 4.36. The van der Waals surface area contributed by atoms with Crippen LogP contribution in [-0.2, 0) is 14.9 Å². The van der Waals surface area contributed by atoms with E-state index in [1.165, 1.54) is 0 Å². The normalized spacial score (nSPS) is 25.6. The molecule has 0 unspecified atom stereocenters. The highest BCUT2D eigenvalue weighted by Crippen LogP contribution is 2.56. The van der Waals surface area contributed by atoms with Crippen molar-refractivity contribution in [3.05, 3.63) is 48.1 Å². The molecule has 1 aliphatic rings. The Balaban J connectivity index is 2.46. The number of carbonyl (C=O) groups excluding carboxylic acids is 1. The molecule has 0 amide bonds. The monoisotopic (exact) mass is 252 g/mol. The largest absolute Gasteiger partial charge is 0.465 e. The Labute approximate surface area is 104 Å². The third-order valence-electron chi connectivity index (χ3n) is 3.35. The van der Waals surface area contributed by atoms with E-state index in [1.807, 2.05) is 0 Å². The van der Waals surface area contributed by atoms with Crippen LogP contribution in [0.5, 0.6) is 0 Å². The van der Waals surface area contributed by atoms with E-state index < -0.39 is 23.0 Å². The van der Waals surface area contributed by atoms with E-state index in [0.29, 0.717) is 6.42 Å². The maximum Gasteiger partial charge on any atom is 0.317 e. The van der Waals surface area contributed by atoms with Crippen LogP contribution in [0.2, 0.25) is 0 Å². The Kier molecular flexibility index (Phi) is 3.20. The van der Waals surface area contributed by atoms with E-state index in [2.05, 4.69) is 6.58 Å².